The molecule has 2 atom stereocenters. The third-order valence-corrected chi connectivity index (χ3v) is 3.34. The molecule has 2 unspecified atom stereocenters. The van der Waals surface area contributed by atoms with Crippen LogP contribution in [0.1, 0.15) is 31.0 Å². The van der Waals surface area contributed by atoms with Crippen LogP contribution in [-0.4, -0.2) is 29.6 Å². The Kier molecular flexibility index (Phi) is 5.16. The molecular formula is C14H18F3NO2. The average Bonchev–Trinajstić information content (AvgIpc) is 2.36. The normalized spacial score (nSPS) is 15.2. The third-order valence-electron chi connectivity index (χ3n) is 3.34. The fourth-order valence-corrected chi connectivity index (χ4v) is 1.90. The molecule has 1 rings (SSSR count). The summed E-state index contributed by atoms with van der Waals surface area (Å²) in [5, 5.41) is 8.86. The fourth-order valence-electron chi connectivity index (χ4n) is 1.90. The molecule has 1 aromatic rings. The second-order valence-corrected chi connectivity index (χ2v) is 4.98. The summed E-state index contributed by atoms with van der Waals surface area (Å²) in [5.74, 6) is -1.50. The van der Waals surface area contributed by atoms with Gasteiger partial charge in [0.1, 0.15) is 0 Å². The van der Waals surface area contributed by atoms with Gasteiger partial charge < -0.3 is 5.11 Å². The molecule has 0 bridgehead atoms. The standard InChI is InChI=1S/C14H18F3NO2/c1-9(13(19)20)8-18(3)10(2)11-5-4-6-12(7-11)14(15,16)17/h4-7,9-10H,8H2,1-3H3,(H,19,20). The van der Waals surface area contributed by atoms with E-state index in [1.54, 1.807) is 31.9 Å². The molecule has 0 aliphatic heterocycles. The summed E-state index contributed by atoms with van der Waals surface area (Å²) in [6, 6.07) is 4.81. The first-order chi connectivity index (χ1) is 9.12. The van der Waals surface area contributed by atoms with Gasteiger partial charge in [0.2, 0.25) is 0 Å². The van der Waals surface area contributed by atoms with Gasteiger partial charge in [0, 0.05) is 12.6 Å². The highest BCUT2D eigenvalue weighted by Crippen LogP contribution is 2.31. The number of carboxylic acids is 1. The van der Waals surface area contributed by atoms with Crippen LogP contribution in [0.2, 0.25) is 0 Å². The number of aliphatic carboxylic acids is 1. The Balaban J connectivity index is 2.86. The van der Waals surface area contributed by atoms with Gasteiger partial charge in [0.15, 0.2) is 0 Å². The maximum absolute atomic E-state index is 12.7. The minimum Gasteiger partial charge on any atom is -0.481 e. The van der Waals surface area contributed by atoms with Crippen LogP contribution in [-0.2, 0) is 11.0 Å². The van der Waals surface area contributed by atoms with E-state index in [0.29, 0.717) is 5.56 Å². The van der Waals surface area contributed by atoms with Crippen molar-refractivity contribution < 1.29 is 23.1 Å². The summed E-state index contributed by atoms with van der Waals surface area (Å²) in [5.41, 5.74) is -0.179. The van der Waals surface area contributed by atoms with E-state index in [2.05, 4.69) is 0 Å². The van der Waals surface area contributed by atoms with Gasteiger partial charge in [-0.1, -0.05) is 19.1 Å². The maximum atomic E-state index is 12.7. The maximum Gasteiger partial charge on any atom is 0.416 e. The summed E-state index contributed by atoms with van der Waals surface area (Å²) in [4.78, 5) is 12.5. The molecule has 0 amide bonds. The summed E-state index contributed by atoms with van der Waals surface area (Å²) in [6.45, 7) is 3.59. The third kappa shape index (κ3) is 4.23. The van der Waals surface area contributed by atoms with E-state index in [0.717, 1.165) is 12.1 Å². The monoisotopic (exact) mass is 289 g/mol. The molecular weight excluding hydrogens is 271 g/mol. The van der Waals surface area contributed by atoms with Crippen LogP contribution in [0, 0.1) is 5.92 Å². The van der Waals surface area contributed by atoms with E-state index in [4.69, 9.17) is 5.11 Å². The molecule has 0 aliphatic rings. The van der Waals surface area contributed by atoms with Crippen molar-refractivity contribution in [2.75, 3.05) is 13.6 Å². The lowest BCUT2D eigenvalue weighted by Gasteiger charge is -2.27. The number of hydrogen-bond donors (Lipinski definition) is 1. The van der Waals surface area contributed by atoms with Crippen LogP contribution < -0.4 is 0 Å². The Morgan fingerprint density at radius 3 is 2.45 bits per heavy atom. The van der Waals surface area contributed by atoms with Crippen LogP contribution in [0.15, 0.2) is 24.3 Å². The molecule has 0 radical (unpaired) electrons. The summed E-state index contributed by atoms with van der Waals surface area (Å²) in [6.07, 6.45) is -4.37. The number of rotatable bonds is 5. The molecule has 20 heavy (non-hydrogen) atoms. The molecule has 3 nitrogen and oxygen atoms in total. The highest BCUT2D eigenvalue weighted by Gasteiger charge is 2.31. The second-order valence-electron chi connectivity index (χ2n) is 4.98. The highest BCUT2D eigenvalue weighted by molar-refractivity contribution is 5.69. The Morgan fingerprint density at radius 1 is 1.35 bits per heavy atom. The number of carbonyl (C=O) groups is 1. The Morgan fingerprint density at radius 2 is 1.95 bits per heavy atom. The SMILES string of the molecule is CC(CN(C)C(C)c1cccc(C(F)(F)F)c1)C(=O)O. The Bertz CT molecular complexity index is 474. The quantitative estimate of drug-likeness (QED) is 0.903. The Hall–Kier alpha value is -1.56. The zero-order valence-corrected chi connectivity index (χ0v) is 11.6. The van der Waals surface area contributed by atoms with E-state index in [1.807, 2.05) is 0 Å². The van der Waals surface area contributed by atoms with Gasteiger partial charge in [-0.25, -0.2) is 0 Å². The van der Waals surface area contributed by atoms with Crippen molar-refractivity contribution in [3.05, 3.63) is 35.4 Å². The molecule has 0 spiro atoms. The molecule has 1 aromatic carbocycles. The van der Waals surface area contributed by atoms with Crippen molar-refractivity contribution in [3.63, 3.8) is 0 Å². The zero-order valence-electron chi connectivity index (χ0n) is 11.6. The summed E-state index contributed by atoms with van der Waals surface area (Å²) < 4.78 is 38.0. The largest absolute Gasteiger partial charge is 0.481 e. The molecule has 112 valence electrons. The smallest absolute Gasteiger partial charge is 0.416 e. The molecule has 0 heterocycles. The van der Waals surface area contributed by atoms with E-state index < -0.39 is 23.6 Å². The van der Waals surface area contributed by atoms with Crippen LogP contribution in [0.3, 0.4) is 0 Å². The van der Waals surface area contributed by atoms with Gasteiger partial charge in [-0.3, -0.25) is 9.69 Å². The van der Waals surface area contributed by atoms with Crippen LogP contribution in [0.25, 0.3) is 0 Å². The van der Waals surface area contributed by atoms with E-state index in [-0.39, 0.29) is 12.6 Å². The predicted molar refractivity (Wildman–Crippen MR) is 69.3 cm³/mol. The highest BCUT2D eigenvalue weighted by atomic mass is 19.4. The van der Waals surface area contributed by atoms with E-state index in [9.17, 15) is 18.0 Å². The van der Waals surface area contributed by atoms with Crippen LogP contribution >= 0.6 is 0 Å². The average molecular weight is 289 g/mol. The Labute approximate surface area is 116 Å². The number of benzene rings is 1. The van der Waals surface area contributed by atoms with Crippen molar-refractivity contribution >= 4 is 5.97 Å². The van der Waals surface area contributed by atoms with Gasteiger partial charge in [0.05, 0.1) is 11.5 Å². The first-order valence-corrected chi connectivity index (χ1v) is 6.23. The molecule has 0 saturated heterocycles. The molecule has 6 heteroatoms. The second kappa shape index (κ2) is 6.26. The first kappa shape index (κ1) is 16.5. The number of carboxylic acid groups (broad SMARTS) is 1. The van der Waals surface area contributed by atoms with Crippen molar-refractivity contribution in [1.29, 1.82) is 0 Å². The molecule has 0 fully saturated rings. The van der Waals surface area contributed by atoms with Crippen LogP contribution in [0.5, 0.6) is 0 Å². The van der Waals surface area contributed by atoms with Gasteiger partial charge >= 0.3 is 12.1 Å². The van der Waals surface area contributed by atoms with Crippen molar-refractivity contribution in [2.45, 2.75) is 26.1 Å². The van der Waals surface area contributed by atoms with Gasteiger partial charge in [-0.15, -0.1) is 0 Å². The first-order valence-electron chi connectivity index (χ1n) is 6.23. The van der Waals surface area contributed by atoms with Gasteiger partial charge in [-0.05, 0) is 31.7 Å². The zero-order chi connectivity index (χ0) is 15.5. The summed E-state index contributed by atoms with van der Waals surface area (Å²) in [7, 11) is 1.70. The van der Waals surface area contributed by atoms with E-state index in [1.165, 1.54) is 6.07 Å². The lowest BCUT2D eigenvalue weighted by Crippen LogP contribution is -2.30. The number of nitrogens with zero attached hydrogens (tertiary/aromatic N) is 1. The lowest BCUT2D eigenvalue weighted by atomic mass is 10.0. The minimum atomic E-state index is -4.37. The molecule has 0 aromatic heterocycles. The van der Waals surface area contributed by atoms with Crippen molar-refractivity contribution in [1.82, 2.24) is 4.90 Å². The molecule has 1 N–H and O–H groups in total. The number of halogens is 3. The topological polar surface area (TPSA) is 40.5 Å². The van der Waals surface area contributed by atoms with Crippen molar-refractivity contribution in [2.24, 2.45) is 5.92 Å². The number of alkyl halides is 3. The van der Waals surface area contributed by atoms with Gasteiger partial charge in [0.25, 0.3) is 0 Å². The number of hydrogen-bond acceptors (Lipinski definition) is 2. The summed E-state index contributed by atoms with van der Waals surface area (Å²) >= 11 is 0. The van der Waals surface area contributed by atoms with Gasteiger partial charge in [-0.2, -0.15) is 13.2 Å². The lowest BCUT2D eigenvalue weighted by molar-refractivity contribution is -0.141. The van der Waals surface area contributed by atoms with Crippen LogP contribution in [0.4, 0.5) is 13.2 Å². The fraction of sp³-hybridized carbons (Fsp3) is 0.500. The molecule has 0 aliphatic carbocycles. The predicted octanol–water partition coefficient (Wildman–Crippen LogP) is 3.42. The van der Waals surface area contributed by atoms with Crippen molar-refractivity contribution in [3.8, 4) is 0 Å². The molecule has 0 saturated carbocycles. The van der Waals surface area contributed by atoms with E-state index >= 15 is 0 Å². The minimum absolute atomic E-state index is 0.271.